The summed E-state index contributed by atoms with van der Waals surface area (Å²) in [5.74, 6) is -0.0400. The summed E-state index contributed by atoms with van der Waals surface area (Å²) in [4.78, 5) is 30.6. The SMILES string of the molecule is Nc1ccc(/C=C/C(=O)NCc2cc3cc(-c4ccc(C(=O)N5CCNCC5)cc4)cc(C(F)(F)F)c3o2)cn1. The number of aromatic nitrogens is 1. The van der Waals surface area contributed by atoms with E-state index in [1.54, 1.807) is 47.4 Å². The van der Waals surface area contributed by atoms with Crippen molar-refractivity contribution in [1.82, 2.24) is 20.5 Å². The number of pyridine rings is 1. The third-order valence-corrected chi connectivity index (χ3v) is 6.52. The van der Waals surface area contributed by atoms with Crippen molar-refractivity contribution >= 4 is 34.7 Å². The van der Waals surface area contributed by atoms with Crippen molar-refractivity contribution in [2.24, 2.45) is 0 Å². The standard InChI is InChI=1S/C29H26F3N5O3/c30-29(31,32)24-15-21(19-3-5-20(6-4-19)28(39)37-11-9-34-10-12-37)13-22-14-23(40-27(22)24)17-36-26(38)8-2-18-1-7-25(33)35-16-18/h1-8,13-16,34H,9-12,17H2,(H2,33,35)(H,36,38)/b8-2+. The maximum absolute atomic E-state index is 14.0. The largest absolute Gasteiger partial charge is 0.459 e. The van der Waals surface area contributed by atoms with E-state index in [1.807, 2.05) is 0 Å². The minimum atomic E-state index is -4.67. The van der Waals surface area contributed by atoms with E-state index in [0.717, 1.165) is 19.2 Å². The molecule has 4 aromatic rings. The number of hydrogen-bond acceptors (Lipinski definition) is 6. The van der Waals surface area contributed by atoms with Crippen molar-refractivity contribution in [1.29, 1.82) is 0 Å². The molecule has 1 saturated heterocycles. The zero-order valence-electron chi connectivity index (χ0n) is 21.3. The van der Waals surface area contributed by atoms with E-state index in [-0.39, 0.29) is 29.2 Å². The zero-order chi connectivity index (χ0) is 28.3. The third-order valence-electron chi connectivity index (χ3n) is 6.52. The van der Waals surface area contributed by atoms with Crippen LogP contribution in [0, 0.1) is 0 Å². The predicted molar refractivity (Wildman–Crippen MR) is 145 cm³/mol. The Bertz CT molecular complexity index is 1560. The van der Waals surface area contributed by atoms with Crippen LogP contribution < -0.4 is 16.4 Å². The Kier molecular flexibility index (Phi) is 7.56. The summed E-state index contributed by atoms with van der Waals surface area (Å²) in [7, 11) is 0. The van der Waals surface area contributed by atoms with Crippen LogP contribution in [0.25, 0.3) is 28.2 Å². The number of piperazine rings is 1. The van der Waals surface area contributed by atoms with Gasteiger partial charge in [-0.15, -0.1) is 0 Å². The van der Waals surface area contributed by atoms with E-state index < -0.39 is 17.6 Å². The number of rotatable bonds is 6. The lowest BCUT2D eigenvalue weighted by atomic mass is 9.99. The van der Waals surface area contributed by atoms with Crippen LogP contribution in [0.15, 0.2) is 71.3 Å². The number of nitrogen functional groups attached to an aromatic ring is 1. The number of fused-ring (bicyclic) bond motifs is 1. The fraction of sp³-hybridized carbons (Fsp3) is 0.207. The predicted octanol–water partition coefficient (Wildman–Crippen LogP) is 4.47. The Labute approximate surface area is 227 Å². The third kappa shape index (κ3) is 6.15. The van der Waals surface area contributed by atoms with Gasteiger partial charge in [0.1, 0.15) is 17.2 Å². The summed E-state index contributed by atoms with van der Waals surface area (Å²) in [6.07, 6.45) is -0.337. The van der Waals surface area contributed by atoms with Crippen LogP contribution in [0.3, 0.4) is 0 Å². The molecule has 1 aliphatic rings. The number of nitrogens with two attached hydrogens (primary N) is 1. The van der Waals surface area contributed by atoms with Gasteiger partial charge in [0.05, 0.1) is 12.1 Å². The average molecular weight is 550 g/mol. The first-order valence-corrected chi connectivity index (χ1v) is 12.6. The lowest BCUT2D eigenvalue weighted by Crippen LogP contribution is -2.46. The van der Waals surface area contributed by atoms with Gasteiger partial charge in [-0.2, -0.15) is 13.2 Å². The number of benzene rings is 2. The second-order valence-corrected chi connectivity index (χ2v) is 9.34. The summed E-state index contributed by atoms with van der Waals surface area (Å²) in [6.45, 7) is 2.54. The lowest BCUT2D eigenvalue weighted by molar-refractivity contribution is -0.136. The molecule has 0 saturated carbocycles. The van der Waals surface area contributed by atoms with Crippen LogP contribution >= 0.6 is 0 Å². The Morgan fingerprint density at radius 3 is 2.48 bits per heavy atom. The van der Waals surface area contributed by atoms with E-state index in [9.17, 15) is 22.8 Å². The Balaban J connectivity index is 1.35. The van der Waals surface area contributed by atoms with Crippen LogP contribution in [0.5, 0.6) is 0 Å². The molecule has 1 fully saturated rings. The molecule has 0 atom stereocenters. The van der Waals surface area contributed by atoms with Crippen LogP contribution in [0.2, 0.25) is 0 Å². The molecule has 0 aliphatic carbocycles. The van der Waals surface area contributed by atoms with Gasteiger partial charge in [-0.3, -0.25) is 9.59 Å². The van der Waals surface area contributed by atoms with E-state index in [0.29, 0.717) is 41.2 Å². The molecule has 2 aromatic heterocycles. The summed E-state index contributed by atoms with van der Waals surface area (Å²) >= 11 is 0. The number of hydrogen-bond donors (Lipinski definition) is 3. The lowest BCUT2D eigenvalue weighted by Gasteiger charge is -2.27. The molecular formula is C29H26F3N5O3. The highest BCUT2D eigenvalue weighted by atomic mass is 19.4. The normalized spacial score (nSPS) is 14.1. The summed E-state index contributed by atoms with van der Waals surface area (Å²) in [5, 5.41) is 6.04. The molecule has 11 heteroatoms. The Hall–Kier alpha value is -4.64. The molecule has 2 amide bonds. The first-order chi connectivity index (χ1) is 19.2. The molecule has 40 heavy (non-hydrogen) atoms. The number of amides is 2. The second kappa shape index (κ2) is 11.2. The molecule has 0 spiro atoms. The quantitative estimate of drug-likeness (QED) is 0.306. The van der Waals surface area contributed by atoms with E-state index in [2.05, 4.69) is 15.6 Å². The van der Waals surface area contributed by atoms with Gasteiger partial charge in [-0.05, 0) is 65.2 Å². The number of carbonyl (C=O) groups is 2. The highest BCUT2D eigenvalue weighted by molar-refractivity contribution is 5.95. The second-order valence-electron chi connectivity index (χ2n) is 9.34. The smallest absolute Gasteiger partial charge is 0.420 e. The van der Waals surface area contributed by atoms with E-state index >= 15 is 0 Å². The van der Waals surface area contributed by atoms with Gasteiger partial charge in [-0.1, -0.05) is 12.1 Å². The van der Waals surface area contributed by atoms with Crippen molar-refractivity contribution in [2.75, 3.05) is 31.9 Å². The number of carbonyl (C=O) groups excluding carboxylic acids is 2. The number of halogens is 3. The van der Waals surface area contributed by atoms with Gasteiger partial charge in [-0.25, -0.2) is 4.98 Å². The molecule has 0 unspecified atom stereocenters. The Morgan fingerprint density at radius 1 is 1.05 bits per heavy atom. The van der Waals surface area contributed by atoms with Gasteiger partial charge in [0, 0.05) is 49.4 Å². The molecule has 2 aromatic carbocycles. The fourth-order valence-electron chi connectivity index (χ4n) is 4.45. The Morgan fingerprint density at radius 2 is 1.80 bits per heavy atom. The minimum Gasteiger partial charge on any atom is -0.459 e. The number of alkyl halides is 3. The highest BCUT2D eigenvalue weighted by Crippen LogP contribution is 2.39. The fourth-order valence-corrected chi connectivity index (χ4v) is 4.45. The monoisotopic (exact) mass is 549 g/mol. The maximum Gasteiger partial charge on any atom is 0.420 e. The molecule has 5 rings (SSSR count). The van der Waals surface area contributed by atoms with Crippen molar-refractivity contribution in [3.8, 4) is 11.1 Å². The van der Waals surface area contributed by atoms with Crippen LogP contribution in [0.4, 0.5) is 19.0 Å². The van der Waals surface area contributed by atoms with Crippen molar-refractivity contribution < 1.29 is 27.2 Å². The maximum atomic E-state index is 14.0. The van der Waals surface area contributed by atoms with Gasteiger partial charge in [0.15, 0.2) is 0 Å². The topological polar surface area (TPSA) is 113 Å². The van der Waals surface area contributed by atoms with Crippen LogP contribution in [0.1, 0.15) is 27.2 Å². The van der Waals surface area contributed by atoms with Crippen LogP contribution in [-0.2, 0) is 17.5 Å². The zero-order valence-corrected chi connectivity index (χ0v) is 21.3. The van der Waals surface area contributed by atoms with E-state index in [4.69, 9.17) is 10.2 Å². The van der Waals surface area contributed by atoms with E-state index in [1.165, 1.54) is 24.4 Å². The molecule has 0 radical (unpaired) electrons. The highest BCUT2D eigenvalue weighted by Gasteiger charge is 2.35. The average Bonchev–Trinajstić information content (AvgIpc) is 3.38. The molecule has 4 N–H and O–H groups in total. The molecule has 8 nitrogen and oxygen atoms in total. The first-order valence-electron chi connectivity index (χ1n) is 12.6. The number of furan rings is 1. The molecule has 0 bridgehead atoms. The number of anilines is 1. The van der Waals surface area contributed by atoms with Gasteiger partial charge in [0.25, 0.3) is 5.91 Å². The van der Waals surface area contributed by atoms with Crippen molar-refractivity contribution in [2.45, 2.75) is 12.7 Å². The molecule has 1 aliphatic heterocycles. The first kappa shape index (κ1) is 26.9. The summed E-state index contributed by atoms with van der Waals surface area (Å²) in [6, 6.07) is 13.9. The summed E-state index contributed by atoms with van der Waals surface area (Å²) in [5.41, 5.74) is 6.31. The van der Waals surface area contributed by atoms with Crippen LogP contribution in [-0.4, -0.2) is 47.9 Å². The molecule has 3 heterocycles. The minimum absolute atomic E-state index is 0.104. The molecule has 206 valence electrons. The molecular weight excluding hydrogens is 523 g/mol. The number of nitrogens with zero attached hydrogens (tertiary/aromatic N) is 2. The van der Waals surface area contributed by atoms with Gasteiger partial charge < -0.3 is 25.7 Å². The van der Waals surface area contributed by atoms with Crippen molar-refractivity contribution in [3.63, 3.8) is 0 Å². The van der Waals surface area contributed by atoms with Gasteiger partial charge >= 0.3 is 6.18 Å². The van der Waals surface area contributed by atoms with Gasteiger partial charge in [0.2, 0.25) is 5.91 Å². The summed E-state index contributed by atoms with van der Waals surface area (Å²) < 4.78 is 47.5. The number of nitrogens with one attached hydrogen (secondary N) is 2. The van der Waals surface area contributed by atoms with Crippen molar-refractivity contribution in [3.05, 3.63) is 89.3 Å².